The minimum Gasteiger partial charge on any atom is -0.466 e. The standard InChI is InChI=1S/C18H22F3NO4/c1-3-15-7-5-13-11-14(18(19,20)21)6-8-16(13)22(15)17(24)26-10-4-9-25-12(2)23/h6,8,11,15H,3-5,7,9-10H2,1-2H3. The number of carbonyl (C=O) groups is 2. The van der Waals surface area contributed by atoms with E-state index < -0.39 is 23.8 Å². The van der Waals surface area contributed by atoms with Crippen LogP contribution >= 0.6 is 0 Å². The lowest BCUT2D eigenvalue weighted by Crippen LogP contribution is -2.44. The zero-order valence-corrected chi connectivity index (χ0v) is 14.8. The number of esters is 1. The lowest BCUT2D eigenvalue weighted by molar-refractivity contribution is -0.141. The predicted octanol–water partition coefficient (Wildman–Crippen LogP) is 4.33. The van der Waals surface area contributed by atoms with Gasteiger partial charge in [0.05, 0.1) is 24.5 Å². The quantitative estimate of drug-likeness (QED) is 0.570. The van der Waals surface area contributed by atoms with Gasteiger partial charge in [-0.25, -0.2) is 4.79 Å². The van der Waals surface area contributed by atoms with Crippen LogP contribution in [0.5, 0.6) is 0 Å². The number of alkyl halides is 3. The highest BCUT2D eigenvalue weighted by Crippen LogP contribution is 2.37. The highest BCUT2D eigenvalue weighted by atomic mass is 19.4. The normalized spacial score (nSPS) is 16.8. The highest BCUT2D eigenvalue weighted by molar-refractivity contribution is 5.90. The minimum absolute atomic E-state index is 0.0645. The summed E-state index contributed by atoms with van der Waals surface area (Å²) < 4.78 is 48.7. The maximum Gasteiger partial charge on any atom is 0.416 e. The SMILES string of the molecule is CCC1CCc2cc(C(F)(F)F)ccc2N1C(=O)OCCCOC(C)=O. The van der Waals surface area contributed by atoms with Crippen molar-refractivity contribution in [3.8, 4) is 0 Å². The molecule has 0 N–H and O–H groups in total. The molecule has 1 aromatic rings. The Bertz CT molecular complexity index is 660. The molecule has 0 aromatic heterocycles. The molecule has 8 heteroatoms. The summed E-state index contributed by atoms with van der Waals surface area (Å²) in [5, 5.41) is 0. The van der Waals surface area contributed by atoms with Crippen molar-refractivity contribution in [2.45, 2.75) is 51.7 Å². The van der Waals surface area contributed by atoms with Crippen LogP contribution in [0, 0.1) is 0 Å². The van der Waals surface area contributed by atoms with Gasteiger partial charge in [0, 0.05) is 19.4 Å². The third-order valence-electron chi connectivity index (χ3n) is 4.27. The van der Waals surface area contributed by atoms with Crippen LogP contribution in [0.25, 0.3) is 0 Å². The molecule has 2 rings (SSSR count). The fourth-order valence-corrected chi connectivity index (χ4v) is 2.98. The number of fused-ring (bicyclic) bond motifs is 1. The first-order valence-corrected chi connectivity index (χ1v) is 8.53. The van der Waals surface area contributed by atoms with E-state index in [1.807, 2.05) is 6.92 Å². The molecule has 26 heavy (non-hydrogen) atoms. The summed E-state index contributed by atoms with van der Waals surface area (Å²) in [5.41, 5.74) is 0.225. The number of rotatable bonds is 5. The molecule has 0 saturated heterocycles. The topological polar surface area (TPSA) is 55.8 Å². The van der Waals surface area contributed by atoms with Crippen molar-refractivity contribution < 1.29 is 32.2 Å². The van der Waals surface area contributed by atoms with Crippen molar-refractivity contribution in [3.05, 3.63) is 29.3 Å². The fourth-order valence-electron chi connectivity index (χ4n) is 2.98. The van der Waals surface area contributed by atoms with Crippen molar-refractivity contribution in [2.24, 2.45) is 0 Å². The molecular formula is C18H22F3NO4. The number of hydrogen-bond acceptors (Lipinski definition) is 4. The number of amides is 1. The Morgan fingerprint density at radius 3 is 2.54 bits per heavy atom. The first-order valence-electron chi connectivity index (χ1n) is 8.53. The number of carbonyl (C=O) groups excluding carboxylic acids is 2. The average molecular weight is 373 g/mol. The average Bonchev–Trinajstić information content (AvgIpc) is 2.58. The molecule has 1 atom stereocenters. The Labute approximate surface area is 150 Å². The molecule has 5 nitrogen and oxygen atoms in total. The van der Waals surface area contributed by atoms with Gasteiger partial charge in [-0.3, -0.25) is 9.69 Å². The molecule has 0 spiro atoms. The molecule has 144 valence electrons. The maximum absolute atomic E-state index is 12.9. The van der Waals surface area contributed by atoms with Gasteiger partial charge in [0.1, 0.15) is 0 Å². The summed E-state index contributed by atoms with van der Waals surface area (Å²) in [6.07, 6.45) is -2.93. The second-order valence-corrected chi connectivity index (χ2v) is 6.12. The molecule has 0 fully saturated rings. The van der Waals surface area contributed by atoms with Gasteiger partial charge in [-0.15, -0.1) is 0 Å². The van der Waals surface area contributed by atoms with Crippen LogP contribution in [0.4, 0.5) is 23.7 Å². The summed E-state index contributed by atoms with van der Waals surface area (Å²) in [5.74, 6) is -0.409. The molecule has 1 aromatic carbocycles. The van der Waals surface area contributed by atoms with Gasteiger partial charge in [0.25, 0.3) is 0 Å². The van der Waals surface area contributed by atoms with Crippen LogP contribution in [-0.2, 0) is 26.9 Å². The van der Waals surface area contributed by atoms with E-state index >= 15 is 0 Å². The van der Waals surface area contributed by atoms with Crippen LogP contribution in [-0.4, -0.2) is 31.3 Å². The minimum atomic E-state index is -4.42. The highest BCUT2D eigenvalue weighted by Gasteiger charge is 2.35. The Kier molecular flexibility index (Phi) is 6.50. The summed E-state index contributed by atoms with van der Waals surface area (Å²) >= 11 is 0. The van der Waals surface area contributed by atoms with Crippen molar-refractivity contribution >= 4 is 17.7 Å². The summed E-state index contributed by atoms with van der Waals surface area (Å²) in [7, 11) is 0. The molecule has 0 bridgehead atoms. The first kappa shape index (κ1) is 20.1. The molecule has 0 saturated carbocycles. The number of aryl methyl sites for hydroxylation is 1. The summed E-state index contributed by atoms with van der Waals surface area (Å²) in [6.45, 7) is 3.42. The van der Waals surface area contributed by atoms with E-state index in [4.69, 9.17) is 9.47 Å². The van der Waals surface area contributed by atoms with Gasteiger partial charge in [-0.2, -0.15) is 13.2 Å². The largest absolute Gasteiger partial charge is 0.466 e. The van der Waals surface area contributed by atoms with Crippen LogP contribution in [0.15, 0.2) is 18.2 Å². The van der Waals surface area contributed by atoms with E-state index in [1.54, 1.807) is 0 Å². The molecular weight excluding hydrogens is 351 g/mol. The van der Waals surface area contributed by atoms with E-state index in [0.717, 1.165) is 12.1 Å². The van der Waals surface area contributed by atoms with Crippen LogP contribution in [0.3, 0.4) is 0 Å². The second-order valence-electron chi connectivity index (χ2n) is 6.12. The fraction of sp³-hybridized carbons (Fsp3) is 0.556. The molecule has 1 aliphatic rings. The smallest absolute Gasteiger partial charge is 0.416 e. The predicted molar refractivity (Wildman–Crippen MR) is 88.9 cm³/mol. The van der Waals surface area contributed by atoms with E-state index in [1.165, 1.54) is 17.9 Å². The van der Waals surface area contributed by atoms with Crippen molar-refractivity contribution in [2.75, 3.05) is 18.1 Å². The third kappa shape index (κ3) is 4.89. The Morgan fingerprint density at radius 1 is 1.23 bits per heavy atom. The van der Waals surface area contributed by atoms with Crippen LogP contribution in [0.1, 0.15) is 44.2 Å². The zero-order valence-electron chi connectivity index (χ0n) is 14.8. The van der Waals surface area contributed by atoms with Crippen molar-refractivity contribution in [1.29, 1.82) is 0 Å². The van der Waals surface area contributed by atoms with Gasteiger partial charge < -0.3 is 9.47 Å². The Balaban J connectivity index is 2.11. The zero-order chi connectivity index (χ0) is 19.3. The van der Waals surface area contributed by atoms with Crippen LogP contribution < -0.4 is 4.90 Å². The third-order valence-corrected chi connectivity index (χ3v) is 4.27. The van der Waals surface area contributed by atoms with Crippen molar-refractivity contribution in [3.63, 3.8) is 0 Å². The molecule has 0 radical (unpaired) electrons. The van der Waals surface area contributed by atoms with Crippen LogP contribution in [0.2, 0.25) is 0 Å². The molecule has 1 unspecified atom stereocenters. The number of nitrogens with zero attached hydrogens (tertiary/aromatic N) is 1. The first-order chi connectivity index (χ1) is 12.2. The van der Waals surface area contributed by atoms with Gasteiger partial charge in [0.15, 0.2) is 0 Å². The number of anilines is 1. The molecule has 1 heterocycles. The molecule has 1 aliphatic heterocycles. The van der Waals surface area contributed by atoms with Gasteiger partial charge in [0.2, 0.25) is 0 Å². The monoisotopic (exact) mass is 373 g/mol. The molecule has 0 aliphatic carbocycles. The number of ether oxygens (including phenoxy) is 2. The molecule has 1 amide bonds. The number of hydrogen-bond donors (Lipinski definition) is 0. The Morgan fingerprint density at radius 2 is 1.92 bits per heavy atom. The van der Waals surface area contributed by atoms with Gasteiger partial charge >= 0.3 is 18.2 Å². The lowest BCUT2D eigenvalue weighted by atomic mass is 9.93. The van der Waals surface area contributed by atoms with E-state index in [9.17, 15) is 22.8 Å². The summed E-state index contributed by atoms with van der Waals surface area (Å²) in [4.78, 5) is 24.6. The van der Waals surface area contributed by atoms with Gasteiger partial charge in [-0.05, 0) is 43.0 Å². The number of benzene rings is 1. The van der Waals surface area contributed by atoms with E-state index in [-0.39, 0.29) is 19.3 Å². The maximum atomic E-state index is 12.9. The van der Waals surface area contributed by atoms with Gasteiger partial charge in [-0.1, -0.05) is 6.92 Å². The van der Waals surface area contributed by atoms with Crippen molar-refractivity contribution in [1.82, 2.24) is 0 Å². The van der Waals surface area contributed by atoms with E-state index in [0.29, 0.717) is 36.9 Å². The van der Waals surface area contributed by atoms with E-state index in [2.05, 4.69) is 0 Å². The Hall–Kier alpha value is -2.25. The number of halogens is 3. The summed E-state index contributed by atoms with van der Waals surface area (Å²) in [6, 6.07) is 3.29. The lowest BCUT2D eigenvalue weighted by Gasteiger charge is -2.36. The second kappa shape index (κ2) is 8.42.